The Hall–Kier alpha value is -2.39. The van der Waals surface area contributed by atoms with Crippen molar-refractivity contribution in [2.45, 2.75) is 26.0 Å². The molecule has 0 spiro atoms. The number of imidazole rings is 1. The zero-order chi connectivity index (χ0) is 15.6. The predicted octanol–water partition coefficient (Wildman–Crippen LogP) is 3.50. The minimum Gasteiger partial charge on any atom is -0.377 e. The highest BCUT2D eigenvalue weighted by Crippen LogP contribution is 2.30. The fraction of sp³-hybridized carbons (Fsp3) is 0.211. The minimum absolute atomic E-state index is 0.658. The average Bonchev–Trinajstić information content (AvgIpc) is 2.97. The maximum atomic E-state index is 11.1. The molecule has 3 aromatic rings. The SMILES string of the molecule is Cc1ccccc1C(C)(O)c1nccn1Cc1ccccc1. The van der Waals surface area contributed by atoms with Gasteiger partial charge in [-0.3, -0.25) is 0 Å². The summed E-state index contributed by atoms with van der Waals surface area (Å²) < 4.78 is 2.00. The largest absolute Gasteiger partial charge is 0.377 e. The Balaban J connectivity index is 1.99. The summed E-state index contributed by atoms with van der Waals surface area (Å²) in [6, 6.07) is 18.1. The second kappa shape index (κ2) is 5.78. The summed E-state index contributed by atoms with van der Waals surface area (Å²) in [6.07, 6.45) is 3.65. The average molecular weight is 292 g/mol. The summed E-state index contributed by atoms with van der Waals surface area (Å²) >= 11 is 0. The first-order valence-electron chi connectivity index (χ1n) is 7.43. The van der Waals surface area contributed by atoms with E-state index in [-0.39, 0.29) is 0 Å². The molecule has 0 bridgehead atoms. The third-order valence-corrected chi connectivity index (χ3v) is 4.02. The quantitative estimate of drug-likeness (QED) is 0.799. The van der Waals surface area contributed by atoms with E-state index < -0.39 is 5.60 Å². The van der Waals surface area contributed by atoms with Crippen LogP contribution in [0.2, 0.25) is 0 Å². The minimum atomic E-state index is -1.12. The number of nitrogens with zero attached hydrogens (tertiary/aromatic N) is 2. The normalized spacial score (nSPS) is 13.8. The number of rotatable bonds is 4. The van der Waals surface area contributed by atoms with E-state index in [1.54, 1.807) is 13.1 Å². The second-order valence-corrected chi connectivity index (χ2v) is 5.75. The van der Waals surface area contributed by atoms with Crippen molar-refractivity contribution in [1.82, 2.24) is 9.55 Å². The summed E-state index contributed by atoms with van der Waals surface area (Å²) in [5, 5.41) is 11.1. The van der Waals surface area contributed by atoms with Crippen molar-refractivity contribution in [2.75, 3.05) is 0 Å². The molecular formula is C19H20N2O. The fourth-order valence-corrected chi connectivity index (χ4v) is 2.88. The lowest BCUT2D eigenvalue weighted by atomic mass is 9.91. The van der Waals surface area contributed by atoms with Gasteiger partial charge in [-0.2, -0.15) is 0 Å². The van der Waals surface area contributed by atoms with E-state index in [4.69, 9.17) is 0 Å². The van der Waals surface area contributed by atoms with Gasteiger partial charge in [0.25, 0.3) is 0 Å². The van der Waals surface area contributed by atoms with Crippen molar-refractivity contribution < 1.29 is 5.11 Å². The summed E-state index contributed by atoms with van der Waals surface area (Å²) in [7, 11) is 0. The molecule has 0 radical (unpaired) electrons. The molecule has 0 amide bonds. The molecule has 1 N–H and O–H groups in total. The molecule has 0 aliphatic rings. The van der Waals surface area contributed by atoms with Gasteiger partial charge < -0.3 is 9.67 Å². The number of hydrogen-bond donors (Lipinski definition) is 1. The van der Waals surface area contributed by atoms with Gasteiger partial charge in [-0.1, -0.05) is 54.6 Å². The van der Waals surface area contributed by atoms with Crippen LogP contribution in [-0.2, 0) is 12.1 Å². The number of benzene rings is 2. The Morgan fingerprint density at radius 3 is 2.45 bits per heavy atom. The van der Waals surface area contributed by atoms with Gasteiger partial charge in [-0.15, -0.1) is 0 Å². The Morgan fingerprint density at radius 2 is 1.73 bits per heavy atom. The van der Waals surface area contributed by atoms with Crippen LogP contribution in [0.3, 0.4) is 0 Å². The molecule has 0 saturated heterocycles. The molecule has 2 aromatic carbocycles. The van der Waals surface area contributed by atoms with Crippen molar-refractivity contribution in [1.29, 1.82) is 0 Å². The number of aliphatic hydroxyl groups is 1. The van der Waals surface area contributed by atoms with E-state index in [1.165, 1.54) is 5.56 Å². The van der Waals surface area contributed by atoms with E-state index in [9.17, 15) is 5.11 Å². The lowest BCUT2D eigenvalue weighted by Crippen LogP contribution is -2.28. The first kappa shape index (κ1) is 14.5. The van der Waals surface area contributed by atoms with Crippen LogP contribution >= 0.6 is 0 Å². The van der Waals surface area contributed by atoms with E-state index >= 15 is 0 Å². The second-order valence-electron chi connectivity index (χ2n) is 5.75. The first-order valence-corrected chi connectivity index (χ1v) is 7.43. The van der Waals surface area contributed by atoms with E-state index in [0.717, 1.165) is 11.1 Å². The highest BCUT2D eigenvalue weighted by molar-refractivity contribution is 5.35. The van der Waals surface area contributed by atoms with Gasteiger partial charge in [0, 0.05) is 18.9 Å². The van der Waals surface area contributed by atoms with Gasteiger partial charge in [0.1, 0.15) is 11.4 Å². The Labute approximate surface area is 130 Å². The van der Waals surface area contributed by atoms with Crippen LogP contribution in [-0.4, -0.2) is 14.7 Å². The molecule has 0 fully saturated rings. The van der Waals surface area contributed by atoms with Crippen LogP contribution in [0.1, 0.15) is 29.4 Å². The molecule has 3 rings (SSSR count). The van der Waals surface area contributed by atoms with Crippen molar-refractivity contribution in [3.05, 3.63) is 89.5 Å². The van der Waals surface area contributed by atoms with Crippen LogP contribution in [0.5, 0.6) is 0 Å². The molecule has 1 atom stereocenters. The number of aromatic nitrogens is 2. The highest BCUT2D eigenvalue weighted by atomic mass is 16.3. The van der Waals surface area contributed by atoms with Crippen molar-refractivity contribution >= 4 is 0 Å². The summed E-state index contributed by atoms with van der Waals surface area (Å²) in [4.78, 5) is 4.41. The smallest absolute Gasteiger partial charge is 0.145 e. The molecule has 1 aromatic heterocycles. The van der Waals surface area contributed by atoms with Crippen LogP contribution in [0.15, 0.2) is 67.0 Å². The molecule has 3 nitrogen and oxygen atoms in total. The Bertz CT molecular complexity index is 760. The van der Waals surface area contributed by atoms with E-state index in [0.29, 0.717) is 12.4 Å². The fourth-order valence-electron chi connectivity index (χ4n) is 2.88. The standard InChI is InChI=1S/C19H20N2O/c1-15-8-6-7-11-17(15)19(2,22)18-20-12-13-21(18)14-16-9-4-3-5-10-16/h3-13,22H,14H2,1-2H3. The van der Waals surface area contributed by atoms with Crippen LogP contribution in [0, 0.1) is 6.92 Å². The predicted molar refractivity (Wildman–Crippen MR) is 87.6 cm³/mol. The van der Waals surface area contributed by atoms with Gasteiger partial charge in [0.2, 0.25) is 0 Å². The molecule has 1 unspecified atom stereocenters. The molecular weight excluding hydrogens is 272 g/mol. The van der Waals surface area contributed by atoms with Crippen LogP contribution < -0.4 is 0 Å². The molecule has 1 heterocycles. The lowest BCUT2D eigenvalue weighted by molar-refractivity contribution is 0.0878. The van der Waals surface area contributed by atoms with Crippen LogP contribution in [0.4, 0.5) is 0 Å². The molecule has 22 heavy (non-hydrogen) atoms. The van der Waals surface area contributed by atoms with Gasteiger partial charge in [0.05, 0.1) is 0 Å². The zero-order valence-corrected chi connectivity index (χ0v) is 12.9. The summed E-state index contributed by atoms with van der Waals surface area (Å²) in [5.74, 6) is 0.658. The Morgan fingerprint density at radius 1 is 1.05 bits per heavy atom. The van der Waals surface area contributed by atoms with Crippen molar-refractivity contribution in [3.8, 4) is 0 Å². The van der Waals surface area contributed by atoms with Crippen molar-refractivity contribution in [2.24, 2.45) is 0 Å². The molecule has 0 aliphatic carbocycles. The maximum Gasteiger partial charge on any atom is 0.145 e. The number of aryl methyl sites for hydroxylation is 1. The van der Waals surface area contributed by atoms with Gasteiger partial charge in [-0.05, 0) is 30.5 Å². The summed E-state index contributed by atoms with van der Waals surface area (Å²) in [5.41, 5.74) is 2.00. The maximum absolute atomic E-state index is 11.1. The van der Waals surface area contributed by atoms with Crippen LogP contribution in [0.25, 0.3) is 0 Å². The topological polar surface area (TPSA) is 38.1 Å². The summed E-state index contributed by atoms with van der Waals surface area (Å²) in [6.45, 7) is 4.51. The van der Waals surface area contributed by atoms with Crippen molar-refractivity contribution in [3.63, 3.8) is 0 Å². The highest BCUT2D eigenvalue weighted by Gasteiger charge is 2.31. The molecule has 3 heteroatoms. The first-order chi connectivity index (χ1) is 10.6. The van der Waals surface area contributed by atoms with Gasteiger partial charge >= 0.3 is 0 Å². The van der Waals surface area contributed by atoms with E-state index in [1.807, 2.05) is 60.2 Å². The zero-order valence-electron chi connectivity index (χ0n) is 12.9. The third-order valence-electron chi connectivity index (χ3n) is 4.02. The third kappa shape index (κ3) is 2.68. The molecule has 0 aliphatic heterocycles. The van der Waals surface area contributed by atoms with E-state index in [2.05, 4.69) is 17.1 Å². The monoisotopic (exact) mass is 292 g/mol. The number of hydrogen-bond acceptors (Lipinski definition) is 2. The van der Waals surface area contributed by atoms with Gasteiger partial charge in [-0.25, -0.2) is 4.98 Å². The lowest BCUT2D eigenvalue weighted by Gasteiger charge is -2.26. The molecule has 0 saturated carbocycles. The Kier molecular flexibility index (Phi) is 3.82. The molecule has 112 valence electrons. The van der Waals surface area contributed by atoms with Gasteiger partial charge in [0.15, 0.2) is 0 Å².